The van der Waals surface area contributed by atoms with E-state index in [-0.39, 0.29) is 0 Å². The standard InChI is InChI=1S/C12H15N3O/c1-3-11-12(14-15-13-11)8-9-4-6-10(16-2)7-5-9/h4-7H,3,8H2,1-2H3,(H,13,14,15). The van der Waals surface area contributed by atoms with Crippen LogP contribution < -0.4 is 4.74 Å². The third-order valence-corrected chi connectivity index (χ3v) is 2.57. The van der Waals surface area contributed by atoms with Gasteiger partial charge in [-0.05, 0) is 24.1 Å². The SMILES string of the molecule is CCc1n[nH]nc1Cc1ccc(OC)cc1. The zero-order valence-electron chi connectivity index (χ0n) is 9.53. The van der Waals surface area contributed by atoms with Crippen LogP contribution in [0.1, 0.15) is 23.9 Å². The summed E-state index contributed by atoms with van der Waals surface area (Å²) in [5.74, 6) is 0.875. The van der Waals surface area contributed by atoms with Gasteiger partial charge in [0.25, 0.3) is 0 Å². The smallest absolute Gasteiger partial charge is 0.118 e. The topological polar surface area (TPSA) is 50.8 Å². The quantitative estimate of drug-likeness (QED) is 0.851. The first-order valence-electron chi connectivity index (χ1n) is 5.35. The molecule has 0 aliphatic rings. The third-order valence-electron chi connectivity index (χ3n) is 2.57. The van der Waals surface area contributed by atoms with Gasteiger partial charge in [0, 0.05) is 6.42 Å². The highest BCUT2D eigenvalue weighted by Crippen LogP contribution is 2.15. The van der Waals surface area contributed by atoms with Crippen molar-refractivity contribution in [1.82, 2.24) is 15.4 Å². The molecule has 84 valence electrons. The van der Waals surface area contributed by atoms with E-state index < -0.39 is 0 Å². The van der Waals surface area contributed by atoms with E-state index in [9.17, 15) is 0 Å². The number of benzene rings is 1. The lowest BCUT2D eigenvalue weighted by molar-refractivity contribution is 0.414. The Bertz CT molecular complexity index is 448. The number of rotatable bonds is 4. The lowest BCUT2D eigenvalue weighted by Crippen LogP contribution is -1.94. The molecular weight excluding hydrogens is 202 g/mol. The number of aromatic amines is 1. The first-order valence-corrected chi connectivity index (χ1v) is 5.35. The van der Waals surface area contributed by atoms with Gasteiger partial charge in [-0.1, -0.05) is 19.1 Å². The maximum Gasteiger partial charge on any atom is 0.118 e. The van der Waals surface area contributed by atoms with Crippen LogP contribution in [0.2, 0.25) is 0 Å². The van der Waals surface area contributed by atoms with Crippen LogP contribution in [-0.4, -0.2) is 22.5 Å². The molecule has 0 bridgehead atoms. The van der Waals surface area contributed by atoms with E-state index in [4.69, 9.17) is 4.74 Å². The highest BCUT2D eigenvalue weighted by atomic mass is 16.5. The maximum absolute atomic E-state index is 5.12. The van der Waals surface area contributed by atoms with Crippen LogP contribution in [0.25, 0.3) is 0 Å². The molecule has 0 atom stereocenters. The van der Waals surface area contributed by atoms with E-state index in [0.717, 1.165) is 30.0 Å². The molecule has 2 rings (SSSR count). The van der Waals surface area contributed by atoms with Gasteiger partial charge in [0.15, 0.2) is 0 Å². The lowest BCUT2D eigenvalue weighted by atomic mass is 10.1. The summed E-state index contributed by atoms with van der Waals surface area (Å²) in [5.41, 5.74) is 3.27. The second kappa shape index (κ2) is 4.79. The molecule has 0 amide bonds. The number of hydrogen-bond donors (Lipinski definition) is 1. The van der Waals surface area contributed by atoms with Gasteiger partial charge in [0.1, 0.15) is 5.75 Å². The van der Waals surface area contributed by atoms with Crippen LogP contribution in [0.3, 0.4) is 0 Å². The Morgan fingerprint density at radius 1 is 1.12 bits per heavy atom. The van der Waals surface area contributed by atoms with E-state index in [1.54, 1.807) is 7.11 Å². The Hall–Kier alpha value is -1.84. The minimum Gasteiger partial charge on any atom is -0.497 e. The number of aryl methyl sites for hydroxylation is 1. The predicted octanol–water partition coefficient (Wildman–Crippen LogP) is 1.97. The molecule has 0 unspecified atom stereocenters. The maximum atomic E-state index is 5.12. The van der Waals surface area contributed by atoms with Crippen molar-refractivity contribution in [3.63, 3.8) is 0 Å². The summed E-state index contributed by atoms with van der Waals surface area (Å²) in [6, 6.07) is 8.02. The van der Waals surface area contributed by atoms with Crippen molar-refractivity contribution in [3.8, 4) is 5.75 Å². The molecule has 1 heterocycles. The summed E-state index contributed by atoms with van der Waals surface area (Å²) in [6.45, 7) is 2.08. The Labute approximate surface area is 94.6 Å². The predicted molar refractivity (Wildman–Crippen MR) is 61.6 cm³/mol. The number of aromatic nitrogens is 3. The van der Waals surface area contributed by atoms with Gasteiger partial charge in [0.05, 0.1) is 18.5 Å². The van der Waals surface area contributed by atoms with Crippen LogP contribution in [0.5, 0.6) is 5.75 Å². The fraction of sp³-hybridized carbons (Fsp3) is 0.333. The van der Waals surface area contributed by atoms with Gasteiger partial charge < -0.3 is 4.74 Å². The van der Waals surface area contributed by atoms with Gasteiger partial charge in [0.2, 0.25) is 0 Å². The van der Waals surface area contributed by atoms with Crippen molar-refractivity contribution in [2.75, 3.05) is 7.11 Å². The molecule has 0 aliphatic carbocycles. The van der Waals surface area contributed by atoms with Crippen molar-refractivity contribution in [1.29, 1.82) is 0 Å². The average Bonchev–Trinajstić information content (AvgIpc) is 2.77. The zero-order valence-corrected chi connectivity index (χ0v) is 9.53. The highest BCUT2D eigenvalue weighted by molar-refractivity contribution is 5.30. The molecule has 2 aromatic rings. The van der Waals surface area contributed by atoms with Gasteiger partial charge in [-0.3, -0.25) is 0 Å². The van der Waals surface area contributed by atoms with Crippen molar-refractivity contribution < 1.29 is 4.74 Å². The summed E-state index contributed by atoms with van der Waals surface area (Å²) in [4.78, 5) is 0. The molecule has 0 radical (unpaired) electrons. The summed E-state index contributed by atoms with van der Waals surface area (Å²) in [5, 5.41) is 10.9. The largest absolute Gasteiger partial charge is 0.497 e. The molecule has 0 saturated carbocycles. The van der Waals surface area contributed by atoms with Crippen molar-refractivity contribution in [2.45, 2.75) is 19.8 Å². The monoisotopic (exact) mass is 217 g/mol. The van der Waals surface area contributed by atoms with Crippen molar-refractivity contribution in [3.05, 3.63) is 41.2 Å². The van der Waals surface area contributed by atoms with Crippen molar-refractivity contribution >= 4 is 0 Å². The second-order valence-electron chi connectivity index (χ2n) is 3.60. The molecule has 4 heteroatoms. The minimum absolute atomic E-state index is 0.809. The minimum atomic E-state index is 0.809. The first-order chi connectivity index (χ1) is 7.83. The van der Waals surface area contributed by atoms with Crippen LogP contribution in [0.15, 0.2) is 24.3 Å². The Balaban J connectivity index is 2.14. The summed E-state index contributed by atoms with van der Waals surface area (Å²) >= 11 is 0. The number of ether oxygens (including phenoxy) is 1. The van der Waals surface area contributed by atoms with E-state index in [1.165, 1.54) is 5.56 Å². The van der Waals surface area contributed by atoms with E-state index in [2.05, 4.69) is 22.3 Å². The average molecular weight is 217 g/mol. The molecule has 0 aliphatic heterocycles. The van der Waals surface area contributed by atoms with Gasteiger partial charge in [-0.15, -0.1) is 0 Å². The molecule has 1 N–H and O–H groups in total. The van der Waals surface area contributed by atoms with Gasteiger partial charge in [-0.25, -0.2) is 0 Å². The highest BCUT2D eigenvalue weighted by Gasteiger charge is 2.06. The molecule has 0 saturated heterocycles. The molecule has 16 heavy (non-hydrogen) atoms. The number of nitrogens with one attached hydrogen (secondary N) is 1. The van der Waals surface area contributed by atoms with Crippen LogP contribution in [0, 0.1) is 0 Å². The van der Waals surface area contributed by atoms with Gasteiger partial charge >= 0.3 is 0 Å². The Morgan fingerprint density at radius 3 is 2.44 bits per heavy atom. The van der Waals surface area contributed by atoms with Gasteiger partial charge in [-0.2, -0.15) is 15.4 Å². The molecule has 1 aromatic heterocycles. The van der Waals surface area contributed by atoms with Crippen molar-refractivity contribution in [2.24, 2.45) is 0 Å². The number of hydrogen-bond acceptors (Lipinski definition) is 3. The first kappa shape index (κ1) is 10.7. The molecule has 0 fully saturated rings. The van der Waals surface area contributed by atoms with Crippen LogP contribution in [-0.2, 0) is 12.8 Å². The summed E-state index contributed by atoms with van der Waals surface area (Å²) in [7, 11) is 1.67. The fourth-order valence-corrected chi connectivity index (χ4v) is 1.64. The van der Waals surface area contributed by atoms with Crippen LogP contribution >= 0.6 is 0 Å². The number of H-pyrrole nitrogens is 1. The lowest BCUT2D eigenvalue weighted by Gasteiger charge is -2.02. The fourth-order valence-electron chi connectivity index (χ4n) is 1.64. The number of methoxy groups -OCH3 is 1. The summed E-state index contributed by atoms with van der Waals surface area (Å²) < 4.78 is 5.12. The third kappa shape index (κ3) is 2.21. The summed E-state index contributed by atoms with van der Waals surface area (Å²) in [6.07, 6.45) is 1.71. The van der Waals surface area contributed by atoms with E-state index in [0.29, 0.717) is 0 Å². The normalized spacial score (nSPS) is 10.4. The molecular formula is C12H15N3O. The zero-order chi connectivity index (χ0) is 11.4. The molecule has 1 aromatic carbocycles. The van der Waals surface area contributed by atoms with Crippen LogP contribution in [0.4, 0.5) is 0 Å². The second-order valence-corrected chi connectivity index (χ2v) is 3.60. The Morgan fingerprint density at radius 2 is 1.81 bits per heavy atom. The molecule has 0 spiro atoms. The Kier molecular flexibility index (Phi) is 3.19. The van der Waals surface area contributed by atoms with E-state index in [1.807, 2.05) is 24.3 Å². The number of nitrogens with zero attached hydrogens (tertiary/aromatic N) is 2. The van der Waals surface area contributed by atoms with E-state index >= 15 is 0 Å². The molecule has 4 nitrogen and oxygen atoms in total.